The lowest BCUT2D eigenvalue weighted by atomic mass is 9.85. The van der Waals surface area contributed by atoms with Gasteiger partial charge < -0.3 is 29.9 Å². The monoisotopic (exact) mass is 562 g/mol. The molecule has 8 nitrogen and oxygen atoms in total. The van der Waals surface area contributed by atoms with Crippen molar-refractivity contribution in [1.29, 1.82) is 0 Å². The zero-order valence-corrected chi connectivity index (χ0v) is 25.0. The summed E-state index contributed by atoms with van der Waals surface area (Å²) in [5, 5.41) is 42.6. The molecule has 2 aliphatic rings. The van der Waals surface area contributed by atoms with Gasteiger partial charge in [0.15, 0.2) is 5.78 Å². The van der Waals surface area contributed by atoms with Crippen molar-refractivity contribution in [3.05, 3.63) is 47.6 Å². The van der Waals surface area contributed by atoms with E-state index in [9.17, 15) is 30.0 Å². The summed E-state index contributed by atoms with van der Waals surface area (Å²) in [6.07, 6.45) is 5.95. The van der Waals surface area contributed by atoms with Crippen LogP contribution in [0.25, 0.3) is 0 Å². The van der Waals surface area contributed by atoms with Crippen LogP contribution in [0.3, 0.4) is 0 Å². The van der Waals surface area contributed by atoms with E-state index < -0.39 is 54.1 Å². The molecule has 0 saturated carbocycles. The number of Topliss-reactive ketones (excluding diaryl/α,β-unsaturated/α-hetero) is 1. The lowest BCUT2D eigenvalue weighted by molar-refractivity contribution is -0.146. The van der Waals surface area contributed by atoms with Gasteiger partial charge in [0.2, 0.25) is 0 Å². The van der Waals surface area contributed by atoms with Crippen molar-refractivity contribution >= 4 is 11.8 Å². The molecule has 4 N–H and O–H groups in total. The molecule has 0 amide bonds. The first-order valence-electron chi connectivity index (χ1n) is 14.5. The number of esters is 1. The van der Waals surface area contributed by atoms with Crippen molar-refractivity contribution in [2.45, 2.75) is 129 Å². The first-order valence-corrected chi connectivity index (χ1v) is 14.5. The topological polar surface area (TPSA) is 137 Å². The third-order valence-corrected chi connectivity index (χ3v) is 7.89. The van der Waals surface area contributed by atoms with Gasteiger partial charge in [0.25, 0.3) is 0 Å². The van der Waals surface area contributed by atoms with Crippen molar-refractivity contribution in [3.8, 4) is 0 Å². The standard InChI is InChI=1S/C32H50O8/c1-19-13-20(2)15-28-27(40-28)12-10-8-9-11-21(3)31(37)39-24(6)16-22(4)29(35)30(36)26(34)17-25(33)18-32(7,38)23(5)14-19/h10-12,14,20,22,24-25,27-30,33,35-36,38H,1,8-9,13,15-18H2,2-7H3/b12-10+,21-11+,23-14+/t20-,22-,24+,25-,27+,28+,29-,30+,32-/m1/s1. The minimum absolute atomic E-state index is 0.100. The first-order chi connectivity index (χ1) is 18.6. The predicted octanol–water partition coefficient (Wildman–Crippen LogP) is 4.11. The molecule has 0 radical (unpaired) electrons. The van der Waals surface area contributed by atoms with E-state index in [2.05, 4.69) is 25.7 Å². The van der Waals surface area contributed by atoms with E-state index in [-0.39, 0.29) is 25.0 Å². The maximum absolute atomic E-state index is 12.6. The van der Waals surface area contributed by atoms with Crippen LogP contribution in [0.15, 0.2) is 47.6 Å². The summed E-state index contributed by atoms with van der Waals surface area (Å²) in [4.78, 5) is 25.1. The highest BCUT2D eigenvalue weighted by Gasteiger charge is 2.37. The zero-order chi connectivity index (χ0) is 30.2. The van der Waals surface area contributed by atoms with Crippen LogP contribution in [0.4, 0.5) is 0 Å². The number of carbonyl (C=O) groups excluding carboxylic acids is 2. The molecular weight excluding hydrogens is 512 g/mol. The van der Waals surface area contributed by atoms with Crippen molar-refractivity contribution in [2.24, 2.45) is 11.8 Å². The summed E-state index contributed by atoms with van der Waals surface area (Å²) in [6, 6.07) is 0. The lowest BCUT2D eigenvalue weighted by Crippen LogP contribution is -2.41. The number of epoxide rings is 1. The zero-order valence-electron chi connectivity index (χ0n) is 25.0. The largest absolute Gasteiger partial charge is 0.459 e. The van der Waals surface area contributed by atoms with E-state index in [0.29, 0.717) is 23.5 Å². The number of hydrogen-bond acceptors (Lipinski definition) is 8. The van der Waals surface area contributed by atoms with Crippen LogP contribution in [0, 0.1) is 11.8 Å². The molecule has 2 aliphatic heterocycles. The number of fused-ring (bicyclic) bond motifs is 1. The number of cyclic esters (lactones) is 1. The van der Waals surface area contributed by atoms with Gasteiger partial charge in [-0.3, -0.25) is 4.79 Å². The van der Waals surface area contributed by atoms with Crippen molar-refractivity contribution in [1.82, 2.24) is 0 Å². The summed E-state index contributed by atoms with van der Waals surface area (Å²) in [5.41, 5.74) is 0.569. The van der Waals surface area contributed by atoms with Crippen LogP contribution in [0.1, 0.15) is 86.5 Å². The van der Waals surface area contributed by atoms with Crippen LogP contribution in [0.2, 0.25) is 0 Å². The molecule has 2 heterocycles. The summed E-state index contributed by atoms with van der Waals surface area (Å²) in [7, 11) is 0. The predicted molar refractivity (Wildman–Crippen MR) is 154 cm³/mol. The fourth-order valence-electron chi connectivity index (χ4n) is 5.21. The normalized spacial score (nSPS) is 42.0. The molecule has 0 aromatic heterocycles. The Kier molecular flexibility index (Phi) is 13.0. The summed E-state index contributed by atoms with van der Waals surface area (Å²) < 4.78 is 11.3. The van der Waals surface area contributed by atoms with E-state index >= 15 is 0 Å². The van der Waals surface area contributed by atoms with Crippen LogP contribution in [0.5, 0.6) is 0 Å². The third-order valence-electron chi connectivity index (χ3n) is 7.89. The van der Waals surface area contributed by atoms with Gasteiger partial charge in [-0.1, -0.05) is 50.3 Å². The molecular formula is C32H50O8. The quantitative estimate of drug-likeness (QED) is 0.197. The fraction of sp³-hybridized carbons (Fsp3) is 0.688. The van der Waals surface area contributed by atoms with Gasteiger partial charge in [-0.05, 0) is 77.2 Å². The summed E-state index contributed by atoms with van der Waals surface area (Å²) in [6.45, 7) is 14.7. The molecule has 0 aromatic rings. The number of rotatable bonds is 0. The Balaban J connectivity index is 2.15. The molecule has 2 rings (SSSR count). The van der Waals surface area contributed by atoms with Gasteiger partial charge in [-0.2, -0.15) is 0 Å². The number of ketones is 1. The molecule has 1 saturated heterocycles. The Labute approximate surface area is 239 Å². The number of aliphatic hydroxyl groups is 4. The average molecular weight is 563 g/mol. The number of ether oxygens (including phenoxy) is 2. The molecule has 40 heavy (non-hydrogen) atoms. The molecule has 0 unspecified atom stereocenters. The second-order valence-corrected chi connectivity index (χ2v) is 12.2. The van der Waals surface area contributed by atoms with Crippen molar-refractivity contribution in [3.63, 3.8) is 0 Å². The van der Waals surface area contributed by atoms with Gasteiger partial charge in [-0.15, -0.1) is 0 Å². The van der Waals surface area contributed by atoms with Crippen LogP contribution >= 0.6 is 0 Å². The molecule has 0 bridgehead atoms. The van der Waals surface area contributed by atoms with Gasteiger partial charge in [0, 0.05) is 18.4 Å². The highest BCUT2D eigenvalue weighted by Crippen LogP contribution is 2.33. The van der Waals surface area contributed by atoms with Crippen LogP contribution in [-0.4, -0.2) is 74.4 Å². The number of carbonyl (C=O) groups is 2. The second kappa shape index (κ2) is 15.2. The third kappa shape index (κ3) is 11.1. The SMILES string of the molecule is C=C1/C=C(\C)[C@](C)(O)C[C@H](O)CC(=O)[C@H](O)[C@H](O)[C@H](C)C[C@H](C)OC(=O)/C(C)=C/CC/C=C/[C@@H]2O[C@H]2C[C@H](C)C1. The molecule has 0 spiro atoms. The first kappa shape index (κ1) is 34.1. The van der Waals surface area contributed by atoms with E-state index in [1.54, 1.807) is 34.6 Å². The molecule has 0 aromatic carbocycles. The maximum Gasteiger partial charge on any atom is 0.333 e. The fourth-order valence-corrected chi connectivity index (χ4v) is 5.21. The Bertz CT molecular complexity index is 977. The summed E-state index contributed by atoms with van der Waals surface area (Å²) in [5.74, 6) is -1.40. The number of hydrogen-bond donors (Lipinski definition) is 4. The summed E-state index contributed by atoms with van der Waals surface area (Å²) >= 11 is 0. The Morgan fingerprint density at radius 3 is 2.38 bits per heavy atom. The van der Waals surface area contributed by atoms with E-state index in [0.717, 1.165) is 24.8 Å². The molecule has 9 atom stereocenters. The number of allylic oxidation sites excluding steroid dienone is 4. The molecule has 1 fully saturated rings. The van der Waals surface area contributed by atoms with E-state index in [1.807, 2.05) is 12.2 Å². The molecule has 226 valence electrons. The Hall–Kier alpha value is -2.10. The van der Waals surface area contributed by atoms with Gasteiger partial charge >= 0.3 is 5.97 Å². The van der Waals surface area contributed by atoms with E-state index in [4.69, 9.17) is 9.47 Å². The van der Waals surface area contributed by atoms with Gasteiger partial charge in [0.05, 0.1) is 30.0 Å². The highest BCUT2D eigenvalue weighted by molar-refractivity contribution is 5.87. The molecule has 8 heteroatoms. The smallest absolute Gasteiger partial charge is 0.333 e. The molecule has 0 aliphatic carbocycles. The van der Waals surface area contributed by atoms with Crippen LogP contribution < -0.4 is 0 Å². The number of aliphatic hydroxyl groups excluding tert-OH is 3. The van der Waals surface area contributed by atoms with Crippen molar-refractivity contribution in [2.75, 3.05) is 0 Å². The van der Waals surface area contributed by atoms with Gasteiger partial charge in [0.1, 0.15) is 12.2 Å². The van der Waals surface area contributed by atoms with Crippen LogP contribution in [-0.2, 0) is 19.1 Å². The highest BCUT2D eigenvalue weighted by atomic mass is 16.6. The van der Waals surface area contributed by atoms with E-state index in [1.165, 1.54) is 0 Å². The maximum atomic E-state index is 12.6. The second-order valence-electron chi connectivity index (χ2n) is 12.2. The lowest BCUT2D eigenvalue weighted by Gasteiger charge is -2.29. The Morgan fingerprint density at radius 2 is 1.70 bits per heavy atom. The minimum Gasteiger partial charge on any atom is -0.459 e. The average Bonchev–Trinajstić information content (AvgIpc) is 3.58. The van der Waals surface area contributed by atoms with Gasteiger partial charge in [-0.25, -0.2) is 4.79 Å². The van der Waals surface area contributed by atoms with Crippen molar-refractivity contribution < 1.29 is 39.5 Å². The Morgan fingerprint density at radius 1 is 1.02 bits per heavy atom. The minimum atomic E-state index is -1.71.